The van der Waals surface area contributed by atoms with E-state index in [1.807, 2.05) is 0 Å². The van der Waals surface area contributed by atoms with E-state index >= 15 is 0 Å². The fraction of sp³-hybridized carbons (Fsp3) is 1.00. The van der Waals surface area contributed by atoms with Crippen LogP contribution < -0.4 is 11.5 Å². The summed E-state index contributed by atoms with van der Waals surface area (Å²) >= 11 is 0. The van der Waals surface area contributed by atoms with Gasteiger partial charge in [0.2, 0.25) is 0 Å². The Balaban J connectivity index is 2.39. The van der Waals surface area contributed by atoms with Crippen molar-refractivity contribution >= 4 is 0 Å². The molecule has 2 unspecified atom stereocenters. The zero-order valence-electron chi connectivity index (χ0n) is 9.58. The Morgan fingerprint density at radius 2 is 1.93 bits per heavy atom. The minimum atomic E-state index is 0.318. The van der Waals surface area contributed by atoms with Gasteiger partial charge in [-0.2, -0.15) is 0 Å². The van der Waals surface area contributed by atoms with Crippen molar-refractivity contribution in [3.63, 3.8) is 0 Å². The fourth-order valence-corrected chi connectivity index (χ4v) is 2.39. The van der Waals surface area contributed by atoms with Crippen LogP contribution in [0.1, 0.15) is 26.2 Å². The van der Waals surface area contributed by atoms with Gasteiger partial charge in [-0.05, 0) is 51.4 Å². The van der Waals surface area contributed by atoms with Crippen molar-refractivity contribution in [1.82, 2.24) is 4.90 Å². The molecule has 0 aromatic heterocycles. The fourth-order valence-electron chi connectivity index (χ4n) is 2.39. The lowest BCUT2D eigenvalue weighted by atomic mass is 9.82. The van der Waals surface area contributed by atoms with Crippen LogP contribution in [0, 0.1) is 11.8 Å². The summed E-state index contributed by atoms with van der Waals surface area (Å²) in [4.78, 5) is 2.38. The molecule has 3 nitrogen and oxygen atoms in total. The summed E-state index contributed by atoms with van der Waals surface area (Å²) in [6.07, 6.45) is 3.60. The Bertz CT molecular complexity index is 149. The smallest absolute Gasteiger partial charge is 0.0108 e. The van der Waals surface area contributed by atoms with Crippen LogP contribution in [0.15, 0.2) is 0 Å². The van der Waals surface area contributed by atoms with Crippen LogP contribution in [-0.4, -0.2) is 37.6 Å². The highest BCUT2D eigenvalue weighted by atomic mass is 15.1. The predicted octanol–water partition coefficient (Wildman–Crippen LogP) is 0.640. The van der Waals surface area contributed by atoms with Gasteiger partial charge in [0, 0.05) is 6.04 Å². The summed E-state index contributed by atoms with van der Waals surface area (Å²) in [6, 6.07) is 0.318. The van der Waals surface area contributed by atoms with E-state index in [1.165, 1.54) is 25.9 Å². The van der Waals surface area contributed by atoms with Crippen molar-refractivity contribution < 1.29 is 0 Å². The van der Waals surface area contributed by atoms with Crippen molar-refractivity contribution in [1.29, 1.82) is 0 Å². The van der Waals surface area contributed by atoms with Crippen molar-refractivity contribution in [3.05, 3.63) is 0 Å². The van der Waals surface area contributed by atoms with Gasteiger partial charge in [0.1, 0.15) is 0 Å². The third-order valence-corrected chi connectivity index (χ3v) is 3.68. The van der Waals surface area contributed by atoms with E-state index in [-0.39, 0.29) is 0 Å². The normalized spacial score (nSPS) is 24.9. The zero-order chi connectivity index (χ0) is 10.6. The van der Waals surface area contributed by atoms with Crippen LogP contribution in [0.3, 0.4) is 0 Å². The second kappa shape index (κ2) is 5.69. The third kappa shape index (κ3) is 2.94. The first-order valence-electron chi connectivity index (χ1n) is 5.83. The van der Waals surface area contributed by atoms with Crippen LogP contribution in [-0.2, 0) is 0 Å². The summed E-state index contributed by atoms with van der Waals surface area (Å²) < 4.78 is 0. The maximum absolute atomic E-state index is 6.26. The van der Waals surface area contributed by atoms with Crippen LogP contribution in [0.2, 0.25) is 0 Å². The molecule has 1 fully saturated rings. The number of nitrogens with two attached hydrogens (primary N) is 2. The van der Waals surface area contributed by atoms with E-state index in [1.54, 1.807) is 0 Å². The zero-order valence-corrected chi connectivity index (χ0v) is 9.58. The van der Waals surface area contributed by atoms with Gasteiger partial charge in [0.15, 0.2) is 0 Å². The van der Waals surface area contributed by atoms with Gasteiger partial charge in [-0.1, -0.05) is 13.3 Å². The van der Waals surface area contributed by atoms with Gasteiger partial charge >= 0.3 is 0 Å². The lowest BCUT2D eigenvalue weighted by Crippen LogP contribution is -2.45. The molecule has 0 spiro atoms. The minimum Gasteiger partial charge on any atom is -0.330 e. The Hall–Kier alpha value is -0.120. The largest absolute Gasteiger partial charge is 0.330 e. The number of hydrogen-bond donors (Lipinski definition) is 2. The Kier molecular flexibility index (Phi) is 4.85. The molecule has 0 radical (unpaired) electrons. The minimum absolute atomic E-state index is 0.318. The molecule has 0 bridgehead atoms. The molecular weight excluding hydrogens is 174 g/mol. The van der Waals surface area contributed by atoms with Gasteiger partial charge in [-0.3, -0.25) is 0 Å². The lowest BCUT2D eigenvalue weighted by molar-refractivity contribution is 0.173. The lowest BCUT2D eigenvalue weighted by Gasteiger charge is -2.35. The summed E-state index contributed by atoms with van der Waals surface area (Å²) in [5.41, 5.74) is 12.0. The summed E-state index contributed by atoms with van der Waals surface area (Å²) in [5.74, 6) is 1.21. The standard InChI is InChI=1S/C11H25N3/c1-3-9(8-12)11(13)10-4-6-14(2)7-5-10/h9-11H,3-8,12-13H2,1-2H3. The number of piperidine rings is 1. The number of rotatable bonds is 4. The molecule has 84 valence electrons. The predicted molar refractivity (Wildman–Crippen MR) is 61.0 cm³/mol. The van der Waals surface area contributed by atoms with E-state index in [4.69, 9.17) is 11.5 Å². The average Bonchev–Trinajstić information content (AvgIpc) is 2.20. The average molecular weight is 199 g/mol. The summed E-state index contributed by atoms with van der Waals surface area (Å²) in [5, 5.41) is 0. The third-order valence-electron chi connectivity index (χ3n) is 3.68. The Morgan fingerprint density at radius 3 is 2.36 bits per heavy atom. The first-order valence-corrected chi connectivity index (χ1v) is 5.83. The van der Waals surface area contributed by atoms with Crippen LogP contribution >= 0.6 is 0 Å². The van der Waals surface area contributed by atoms with Crippen LogP contribution in [0.4, 0.5) is 0 Å². The Morgan fingerprint density at radius 1 is 1.36 bits per heavy atom. The summed E-state index contributed by atoms with van der Waals surface area (Å²) in [6.45, 7) is 5.31. The molecule has 1 aliphatic heterocycles. The van der Waals surface area contributed by atoms with Crippen molar-refractivity contribution in [3.8, 4) is 0 Å². The SMILES string of the molecule is CCC(CN)C(N)C1CCN(C)CC1. The van der Waals surface area contributed by atoms with Gasteiger partial charge < -0.3 is 16.4 Å². The molecule has 4 N–H and O–H groups in total. The molecule has 14 heavy (non-hydrogen) atoms. The molecule has 1 heterocycles. The quantitative estimate of drug-likeness (QED) is 0.698. The monoisotopic (exact) mass is 199 g/mol. The topological polar surface area (TPSA) is 55.3 Å². The molecular formula is C11H25N3. The van der Waals surface area contributed by atoms with Crippen LogP contribution in [0.5, 0.6) is 0 Å². The first kappa shape index (κ1) is 12.0. The molecule has 0 saturated carbocycles. The second-order valence-electron chi connectivity index (χ2n) is 4.62. The Labute approximate surface area is 87.8 Å². The molecule has 2 atom stereocenters. The number of likely N-dealkylation sites (tertiary alicyclic amines) is 1. The maximum Gasteiger partial charge on any atom is 0.0108 e. The van der Waals surface area contributed by atoms with Gasteiger partial charge in [-0.25, -0.2) is 0 Å². The van der Waals surface area contributed by atoms with Gasteiger partial charge in [-0.15, -0.1) is 0 Å². The first-order chi connectivity index (χ1) is 6.69. The number of nitrogens with zero attached hydrogens (tertiary/aromatic N) is 1. The molecule has 1 rings (SSSR count). The van der Waals surface area contributed by atoms with E-state index in [0.717, 1.165) is 13.0 Å². The summed E-state index contributed by atoms with van der Waals surface area (Å²) in [7, 11) is 2.18. The van der Waals surface area contributed by atoms with E-state index in [0.29, 0.717) is 17.9 Å². The molecule has 0 aliphatic carbocycles. The van der Waals surface area contributed by atoms with Crippen LogP contribution in [0.25, 0.3) is 0 Å². The maximum atomic E-state index is 6.26. The van der Waals surface area contributed by atoms with E-state index in [9.17, 15) is 0 Å². The van der Waals surface area contributed by atoms with E-state index in [2.05, 4.69) is 18.9 Å². The highest BCUT2D eigenvalue weighted by molar-refractivity contribution is 4.83. The van der Waals surface area contributed by atoms with E-state index < -0.39 is 0 Å². The van der Waals surface area contributed by atoms with Crippen molar-refractivity contribution in [2.75, 3.05) is 26.7 Å². The molecule has 1 aliphatic rings. The molecule has 0 aromatic rings. The molecule has 1 saturated heterocycles. The van der Waals surface area contributed by atoms with Gasteiger partial charge in [0.05, 0.1) is 0 Å². The van der Waals surface area contributed by atoms with Gasteiger partial charge in [0.25, 0.3) is 0 Å². The molecule has 0 amide bonds. The highest BCUT2D eigenvalue weighted by Crippen LogP contribution is 2.23. The highest BCUT2D eigenvalue weighted by Gasteiger charge is 2.26. The van der Waals surface area contributed by atoms with Crippen molar-refractivity contribution in [2.24, 2.45) is 23.3 Å². The second-order valence-corrected chi connectivity index (χ2v) is 4.62. The molecule has 0 aromatic carbocycles. The molecule has 3 heteroatoms. The van der Waals surface area contributed by atoms with Crippen molar-refractivity contribution in [2.45, 2.75) is 32.2 Å². The number of hydrogen-bond acceptors (Lipinski definition) is 3.